The fourth-order valence-electron chi connectivity index (χ4n) is 5.12. The number of aliphatic hydroxyl groups excluding tert-OH is 2. The van der Waals surface area contributed by atoms with Crippen molar-refractivity contribution in [3.63, 3.8) is 0 Å². The van der Waals surface area contributed by atoms with Crippen molar-refractivity contribution in [2.24, 2.45) is 21.9 Å². The lowest BCUT2D eigenvalue weighted by Gasteiger charge is -2.46. The number of aromatic hydroxyl groups is 1. The van der Waals surface area contributed by atoms with E-state index in [1.165, 1.54) is 0 Å². The number of carbonyl (C=O) groups excluding carboxylic acids is 3. The summed E-state index contributed by atoms with van der Waals surface area (Å²) in [7, 11) is 3.52. The van der Waals surface area contributed by atoms with E-state index in [1.807, 2.05) is 0 Å². The summed E-state index contributed by atoms with van der Waals surface area (Å²) in [6, 6.07) is 1.57. The van der Waals surface area contributed by atoms with Crippen LogP contribution in [0.1, 0.15) is 24.0 Å². The van der Waals surface area contributed by atoms with Gasteiger partial charge in [-0.05, 0) is 30.4 Å². The van der Waals surface area contributed by atoms with Gasteiger partial charge in [-0.25, -0.2) is 0 Å². The van der Waals surface area contributed by atoms with Gasteiger partial charge in [-0.15, -0.1) is 0 Å². The first-order chi connectivity index (χ1) is 14.9. The first-order valence-electron chi connectivity index (χ1n) is 9.81. The van der Waals surface area contributed by atoms with E-state index in [0.717, 1.165) is 0 Å². The van der Waals surface area contributed by atoms with E-state index in [-0.39, 0.29) is 36.1 Å². The minimum absolute atomic E-state index is 0.0231. The van der Waals surface area contributed by atoms with Gasteiger partial charge in [0.15, 0.2) is 17.1 Å². The Morgan fingerprint density at radius 2 is 1.91 bits per heavy atom. The molecule has 1 amide bonds. The lowest BCUT2D eigenvalue weighted by molar-refractivity contribution is -0.147. The fourth-order valence-corrected chi connectivity index (χ4v) is 5.26. The highest BCUT2D eigenvalue weighted by atomic mass is 32.1. The topological polar surface area (TPSA) is 174 Å². The number of aliphatic hydroxyl groups is 3. The van der Waals surface area contributed by atoms with E-state index in [9.17, 15) is 34.8 Å². The van der Waals surface area contributed by atoms with Gasteiger partial charge in [-0.1, -0.05) is 0 Å². The molecule has 32 heavy (non-hydrogen) atoms. The molecule has 10 nitrogen and oxygen atoms in total. The molecule has 1 aromatic rings. The maximum Gasteiger partial charge on any atom is 0.255 e. The average Bonchev–Trinajstić information content (AvgIpc) is 2.70. The van der Waals surface area contributed by atoms with Crippen LogP contribution in [0.15, 0.2) is 27.3 Å². The number of hydrogen-bond donors (Lipinski definition) is 5. The maximum atomic E-state index is 13.4. The van der Waals surface area contributed by atoms with Gasteiger partial charge in [0.2, 0.25) is 5.78 Å². The number of hydrogen-bond acceptors (Lipinski definition) is 10. The zero-order chi connectivity index (χ0) is 23.7. The number of phenols is 1. The van der Waals surface area contributed by atoms with E-state index in [0.29, 0.717) is 11.3 Å². The van der Waals surface area contributed by atoms with E-state index in [2.05, 4.69) is 4.36 Å². The second kappa shape index (κ2) is 7.10. The number of anilines is 1. The second-order valence-electron chi connectivity index (χ2n) is 8.51. The van der Waals surface area contributed by atoms with E-state index < -0.39 is 57.8 Å². The van der Waals surface area contributed by atoms with Crippen molar-refractivity contribution in [2.75, 3.05) is 19.0 Å². The molecule has 6 N–H and O–H groups in total. The van der Waals surface area contributed by atoms with Crippen LogP contribution < -0.4 is 10.6 Å². The molecule has 1 aromatic carbocycles. The summed E-state index contributed by atoms with van der Waals surface area (Å²) in [6.45, 7) is 0. The molecular formula is C21H21N3O7S. The number of amides is 1. The minimum Gasteiger partial charge on any atom is -0.508 e. The van der Waals surface area contributed by atoms with Gasteiger partial charge in [-0.3, -0.25) is 14.4 Å². The van der Waals surface area contributed by atoms with Gasteiger partial charge in [0.05, 0.1) is 5.56 Å². The number of rotatable bonds is 3. The zero-order valence-electron chi connectivity index (χ0n) is 17.2. The van der Waals surface area contributed by atoms with Crippen LogP contribution in [0.25, 0.3) is 5.76 Å². The molecule has 3 unspecified atom stereocenters. The summed E-state index contributed by atoms with van der Waals surface area (Å²) in [5.41, 5.74) is 2.72. The third-order valence-electron chi connectivity index (χ3n) is 6.60. The predicted molar refractivity (Wildman–Crippen MR) is 115 cm³/mol. The highest BCUT2D eigenvalue weighted by molar-refractivity contribution is 7.47. The lowest BCUT2D eigenvalue weighted by Crippen LogP contribution is -2.58. The van der Waals surface area contributed by atoms with E-state index in [1.54, 1.807) is 25.1 Å². The quantitative estimate of drug-likeness (QED) is 0.411. The first kappa shape index (κ1) is 21.9. The third-order valence-corrected chi connectivity index (χ3v) is 6.80. The monoisotopic (exact) mass is 459 g/mol. The summed E-state index contributed by atoms with van der Waals surface area (Å²) >= 11 is 4.72. The number of fused-ring (bicyclic) bond motifs is 3. The van der Waals surface area contributed by atoms with E-state index in [4.69, 9.17) is 18.2 Å². The maximum absolute atomic E-state index is 13.4. The van der Waals surface area contributed by atoms with Crippen molar-refractivity contribution < 1.29 is 34.8 Å². The van der Waals surface area contributed by atoms with Crippen LogP contribution in [0.3, 0.4) is 0 Å². The first-order valence-corrected chi connectivity index (χ1v) is 10.2. The molecular weight excluding hydrogens is 438 g/mol. The predicted octanol–water partition coefficient (Wildman–Crippen LogP) is 0.852. The van der Waals surface area contributed by atoms with Crippen molar-refractivity contribution in [3.05, 3.63) is 34.1 Å². The molecule has 1 fully saturated rings. The molecule has 1 saturated carbocycles. The Balaban J connectivity index is 1.98. The van der Waals surface area contributed by atoms with Gasteiger partial charge in [0, 0.05) is 50.1 Å². The van der Waals surface area contributed by atoms with Gasteiger partial charge in [-0.2, -0.15) is 4.36 Å². The van der Waals surface area contributed by atoms with Gasteiger partial charge < -0.3 is 31.1 Å². The molecule has 0 aliphatic heterocycles. The van der Waals surface area contributed by atoms with Crippen LogP contribution in [0, 0.1) is 11.8 Å². The highest BCUT2D eigenvalue weighted by Crippen LogP contribution is 2.54. The zero-order valence-corrected chi connectivity index (χ0v) is 18.1. The molecule has 3 aliphatic rings. The molecule has 0 bridgehead atoms. The number of Topliss-reactive ketones (excluding diaryl/α,β-unsaturated/α-hetero) is 2. The smallest absolute Gasteiger partial charge is 0.255 e. The SMILES string of the molecule is CN(C)c1cc(N=S)c(O)c2c1CC1CC3CC(=O)C(C(N)=O)=C(O)C3(O)C(=O)C1=C2O. The Morgan fingerprint density at radius 1 is 1.25 bits per heavy atom. The number of benzene rings is 1. The third kappa shape index (κ3) is 2.71. The molecule has 0 saturated heterocycles. The van der Waals surface area contributed by atoms with Crippen LogP contribution in [0.4, 0.5) is 11.4 Å². The largest absolute Gasteiger partial charge is 0.508 e. The minimum atomic E-state index is -2.59. The fraction of sp³-hybridized carbons (Fsp3) is 0.381. The average molecular weight is 459 g/mol. The number of ketones is 2. The lowest BCUT2D eigenvalue weighted by atomic mass is 9.59. The molecule has 4 rings (SSSR count). The second-order valence-corrected chi connectivity index (χ2v) is 8.69. The molecule has 11 heteroatoms. The molecule has 0 radical (unpaired) electrons. The summed E-state index contributed by atoms with van der Waals surface area (Å²) in [4.78, 5) is 39.2. The van der Waals surface area contributed by atoms with Crippen LogP contribution in [-0.4, -0.2) is 57.6 Å². The Morgan fingerprint density at radius 3 is 2.47 bits per heavy atom. The van der Waals surface area contributed by atoms with E-state index >= 15 is 0 Å². The van der Waals surface area contributed by atoms with Crippen molar-refractivity contribution in [2.45, 2.75) is 24.9 Å². The van der Waals surface area contributed by atoms with Gasteiger partial charge in [0.1, 0.15) is 22.8 Å². The van der Waals surface area contributed by atoms with Crippen molar-refractivity contribution in [1.29, 1.82) is 0 Å². The van der Waals surface area contributed by atoms with Crippen LogP contribution in [0.5, 0.6) is 5.75 Å². The molecule has 0 spiro atoms. The Bertz CT molecular complexity index is 1190. The number of nitrogens with zero attached hydrogens (tertiary/aromatic N) is 2. The molecule has 168 valence electrons. The Kier molecular flexibility index (Phi) is 4.86. The number of phenolic OH excluding ortho intramolecular Hbond substituents is 1. The van der Waals surface area contributed by atoms with Crippen LogP contribution >= 0.6 is 0 Å². The summed E-state index contributed by atoms with van der Waals surface area (Å²) in [5.74, 6) is -6.75. The standard InChI is InChI=1S/C21H21N3O7S/c1-24(2)11-6-10(23-32)16(26)14-9(11)4-7-3-8-5-12(25)15(20(22)30)19(29)21(8,31)18(28)13(7)17(14)27/h6-8,26-27,29,31H,3-5H2,1-2H3,(H2,22,30). The number of nitrogens with two attached hydrogens (primary N) is 1. The number of primary amides is 1. The van der Waals surface area contributed by atoms with Gasteiger partial charge >= 0.3 is 0 Å². The number of carbonyl (C=O) groups is 3. The highest BCUT2D eigenvalue weighted by Gasteiger charge is 2.60. The normalized spacial score (nSPS) is 27.0. The molecule has 3 atom stereocenters. The van der Waals surface area contributed by atoms with Crippen molar-refractivity contribution in [3.8, 4) is 5.75 Å². The van der Waals surface area contributed by atoms with Gasteiger partial charge in [0.25, 0.3) is 5.91 Å². The Labute approximate surface area is 187 Å². The molecule has 0 aromatic heterocycles. The van der Waals surface area contributed by atoms with Crippen LogP contribution in [0.2, 0.25) is 0 Å². The molecule has 0 heterocycles. The Hall–Kier alpha value is -3.31. The molecule has 3 aliphatic carbocycles. The summed E-state index contributed by atoms with van der Waals surface area (Å²) in [5, 5.41) is 43.5. The van der Waals surface area contributed by atoms with Crippen molar-refractivity contribution >= 4 is 47.0 Å². The summed E-state index contributed by atoms with van der Waals surface area (Å²) < 4.78 is 3.61. The van der Waals surface area contributed by atoms with Crippen molar-refractivity contribution in [1.82, 2.24) is 0 Å². The summed E-state index contributed by atoms with van der Waals surface area (Å²) in [6.07, 6.45) is -0.0710. The van der Waals surface area contributed by atoms with Crippen LogP contribution in [-0.2, 0) is 33.2 Å².